The molecule has 0 aliphatic heterocycles. The summed E-state index contributed by atoms with van der Waals surface area (Å²) in [5.41, 5.74) is 4.88. The summed E-state index contributed by atoms with van der Waals surface area (Å²) in [6, 6.07) is 12.3. The van der Waals surface area contributed by atoms with Crippen LogP contribution in [0.5, 0.6) is 0 Å². The fraction of sp³-hybridized carbons (Fsp3) is 0.188. The molecule has 0 N–H and O–H groups in total. The maximum Gasteiger partial charge on any atom is 0.174 e. The van der Waals surface area contributed by atoms with Crippen LogP contribution in [-0.4, -0.2) is 14.6 Å². The smallest absolute Gasteiger partial charge is 0.174 e. The highest BCUT2D eigenvalue weighted by Gasteiger charge is 2.17. The number of fused-ring (bicyclic) bond motifs is 1. The third-order valence-corrected chi connectivity index (χ3v) is 4.01. The maximum atomic E-state index is 9.22. The molecule has 0 bridgehead atoms. The Morgan fingerprint density at radius 3 is 2.57 bits per heavy atom. The van der Waals surface area contributed by atoms with Crippen molar-refractivity contribution in [1.29, 1.82) is 5.26 Å². The van der Waals surface area contributed by atoms with Gasteiger partial charge < -0.3 is 0 Å². The van der Waals surface area contributed by atoms with E-state index in [2.05, 4.69) is 40.9 Å². The highest BCUT2D eigenvalue weighted by atomic mass is 32.1. The first-order chi connectivity index (χ1) is 10.1. The van der Waals surface area contributed by atoms with E-state index in [9.17, 15) is 5.26 Å². The van der Waals surface area contributed by atoms with Crippen LogP contribution in [-0.2, 0) is 6.42 Å². The Kier molecular flexibility index (Phi) is 3.40. The highest BCUT2D eigenvalue weighted by Crippen LogP contribution is 2.24. The van der Waals surface area contributed by atoms with Crippen LogP contribution in [0.2, 0.25) is 0 Å². The number of hydrogen-bond acceptors (Lipinski definition) is 4. The molecule has 3 rings (SSSR count). The summed E-state index contributed by atoms with van der Waals surface area (Å²) in [4.78, 5) is 4.55. The number of thiol groups is 1. The van der Waals surface area contributed by atoms with Gasteiger partial charge in [0, 0.05) is 17.7 Å². The van der Waals surface area contributed by atoms with Crippen molar-refractivity contribution in [2.45, 2.75) is 25.3 Å². The van der Waals surface area contributed by atoms with Gasteiger partial charge in [-0.25, -0.2) is 9.50 Å². The van der Waals surface area contributed by atoms with E-state index in [1.807, 2.05) is 32.0 Å². The van der Waals surface area contributed by atoms with Gasteiger partial charge in [-0.05, 0) is 19.4 Å². The Balaban J connectivity index is 2.19. The first-order valence-electron chi connectivity index (χ1n) is 6.63. The summed E-state index contributed by atoms with van der Waals surface area (Å²) >= 11 is 4.61. The molecule has 2 aromatic heterocycles. The van der Waals surface area contributed by atoms with Gasteiger partial charge in [0.15, 0.2) is 5.65 Å². The molecule has 5 heteroatoms. The van der Waals surface area contributed by atoms with Crippen molar-refractivity contribution in [2.75, 3.05) is 0 Å². The van der Waals surface area contributed by atoms with E-state index in [-0.39, 0.29) is 0 Å². The molecule has 21 heavy (non-hydrogen) atoms. The minimum atomic E-state index is 0.514. The summed E-state index contributed by atoms with van der Waals surface area (Å²) in [5, 5.41) is 14.3. The lowest BCUT2D eigenvalue weighted by molar-refractivity contribution is 0.795. The minimum absolute atomic E-state index is 0.514. The number of rotatable bonds is 2. The number of benzene rings is 1. The van der Waals surface area contributed by atoms with Crippen molar-refractivity contribution in [3.8, 4) is 6.07 Å². The Hall–Kier alpha value is -2.32. The molecular formula is C16H14N4S. The van der Waals surface area contributed by atoms with Gasteiger partial charge in [0.25, 0.3) is 0 Å². The normalized spacial score (nSPS) is 10.8. The van der Waals surface area contributed by atoms with Gasteiger partial charge in [-0.1, -0.05) is 30.3 Å². The van der Waals surface area contributed by atoms with Gasteiger partial charge in [-0.3, -0.25) is 0 Å². The van der Waals surface area contributed by atoms with Crippen LogP contribution in [0.1, 0.15) is 28.1 Å². The average Bonchev–Trinajstić information content (AvgIpc) is 2.80. The number of aryl methyl sites for hydroxylation is 2. The average molecular weight is 294 g/mol. The second-order valence-corrected chi connectivity index (χ2v) is 5.39. The fourth-order valence-electron chi connectivity index (χ4n) is 2.42. The molecule has 0 fully saturated rings. The third-order valence-electron chi connectivity index (χ3n) is 3.55. The summed E-state index contributed by atoms with van der Waals surface area (Å²) in [6.07, 6.45) is 0.745. The molecule has 0 aliphatic rings. The predicted molar refractivity (Wildman–Crippen MR) is 83.7 cm³/mol. The molecular weight excluding hydrogens is 280 g/mol. The quantitative estimate of drug-likeness (QED) is 0.583. The highest BCUT2D eigenvalue weighted by molar-refractivity contribution is 7.80. The molecule has 0 saturated carbocycles. The molecule has 1 aromatic carbocycles. The molecule has 0 aliphatic carbocycles. The zero-order valence-corrected chi connectivity index (χ0v) is 12.7. The summed E-state index contributed by atoms with van der Waals surface area (Å²) in [5.74, 6) is 0. The number of nitrogens with zero attached hydrogens (tertiary/aromatic N) is 4. The van der Waals surface area contributed by atoms with Gasteiger partial charge in [0.05, 0.1) is 5.69 Å². The monoisotopic (exact) mass is 294 g/mol. The number of hydrogen-bond donors (Lipinski definition) is 1. The second-order valence-electron chi connectivity index (χ2n) is 4.97. The van der Waals surface area contributed by atoms with E-state index >= 15 is 0 Å². The largest absolute Gasteiger partial charge is 0.232 e. The number of aromatic nitrogens is 3. The molecule has 0 radical (unpaired) electrons. The van der Waals surface area contributed by atoms with Crippen molar-refractivity contribution >= 4 is 18.3 Å². The Morgan fingerprint density at radius 1 is 1.19 bits per heavy atom. The molecule has 2 heterocycles. The van der Waals surface area contributed by atoms with E-state index < -0.39 is 0 Å². The van der Waals surface area contributed by atoms with Crippen molar-refractivity contribution in [2.24, 2.45) is 0 Å². The predicted octanol–water partition coefficient (Wildman–Crippen LogP) is 3.10. The lowest BCUT2D eigenvalue weighted by atomic mass is 10.1. The molecule has 3 aromatic rings. The lowest BCUT2D eigenvalue weighted by Gasteiger charge is -2.10. The Morgan fingerprint density at radius 2 is 1.90 bits per heavy atom. The molecule has 4 nitrogen and oxygen atoms in total. The molecule has 0 unspecified atom stereocenters. The van der Waals surface area contributed by atoms with Crippen molar-refractivity contribution < 1.29 is 0 Å². The molecule has 104 valence electrons. The van der Waals surface area contributed by atoms with Gasteiger partial charge >= 0.3 is 0 Å². The fourth-order valence-corrected chi connectivity index (χ4v) is 2.80. The summed E-state index contributed by atoms with van der Waals surface area (Å²) < 4.78 is 1.66. The molecule has 0 spiro atoms. The number of nitriles is 1. The van der Waals surface area contributed by atoms with Crippen LogP contribution in [0.4, 0.5) is 0 Å². The van der Waals surface area contributed by atoms with E-state index in [0.29, 0.717) is 16.9 Å². The first kappa shape index (κ1) is 13.7. The maximum absolute atomic E-state index is 9.22. The first-order valence-corrected chi connectivity index (χ1v) is 7.08. The van der Waals surface area contributed by atoms with Gasteiger partial charge in [-0.2, -0.15) is 10.4 Å². The van der Waals surface area contributed by atoms with Crippen molar-refractivity contribution in [1.82, 2.24) is 14.6 Å². The molecule has 0 saturated heterocycles. The zero-order chi connectivity index (χ0) is 15.0. The Labute approximate surface area is 128 Å². The van der Waals surface area contributed by atoms with E-state index in [0.717, 1.165) is 22.7 Å². The molecule has 0 atom stereocenters. The van der Waals surface area contributed by atoms with Crippen LogP contribution in [0, 0.1) is 25.2 Å². The SMILES string of the molecule is Cc1nc2c(C#N)c(C)nn2c(S)c1Cc1ccccc1. The van der Waals surface area contributed by atoms with Crippen LogP contribution in [0.25, 0.3) is 5.65 Å². The van der Waals surface area contributed by atoms with E-state index in [1.54, 1.807) is 4.52 Å². The van der Waals surface area contributed by atoms with Crippen LogP contribution < -0.4 is 0 Å². The zero-order valence-electron chi connectivity index (χ0n) is 11.8. The van der Waals surface area contributed by atoms with Crippen molar-refractivity contribution in [3.05, 3.63) is 58.4 Å². The topological polar surface area (TPSA) is 54.0 Å². The van der Waals surface area contributed by atoms with Crippen LogP contribution in [0.3, 0.4) is 0 Å². The van der Waals surface area contributed by atoms with Crippen LogP contribution >= 0.6 is 12.6 Å². The minimum Gasteiger partial charge on any atom is -0.232 e. The summed E-state index contributed by atoms with van der Waals surface area (Å²) in [6.45, 7) is 3.76. The lowest BCUT2D eigenvalue weighted by Crippen LogP contribution is -2.04. The summed E-state index contributed by atoms with van der Waals surface area (Å²) in [7, 11) is 0. The standard InChI is InChI=1S/C16H14N4S/c1-10-13(8-12-6-4-3-5-7-12)16(21)20-15(18-10)14(9-17)11(2)19-20/h3-7,21H,8H2,1-2H3. The van der Waals surface area contributed by atoms with E-state index in [4.69, 9.17) is 0 Å². The van der Waals surface area contributed by atoms with Gasteiger partial charge in [0.2, 0.25) is 0 Å². The van der Waals surface area contributed by atoms with Gasteiger partial charge in [0.1, 0.15) is 16.7 Å². The Bertz CT molecular complexity index is 860. The van der Waals surface area contributed by atoms with Crippen LogP contribution in [0.15, 0.2) is 35.4 Å². The van der Waals surface area contributed by atoms with E-state index in [1.165, 1.54) is 5.56 Å². The van der Waals surface area contributed by atoms with Gasteiger partial charge in [-0.15, -0.1) is 12.6 Å². The third kappa shape index (κ3) is 2.28. The second kappa shape index (κ2) is 5.23. The molecule has 0 amide bonds. The van der Waals surface area contributed by atoms with Crippen molar-refractivity contribution in [3.63, 3.8) is 0 Å².